The van der Waals surface area contributed by atoms with Crippen LogP contribution in [0.3, 0.4) is 0 Å². The lowest BCUT2D eigenvalue weighted by molar-refractivity contribution is -0.0398. The maximum absolute atomic E-state index is 13.5. The summed E-state index contributed by atoms with van der Waals surface area (Å²) < 4.78 is 34.4. The predicted molar refractivity (Wildman–Crippen MR) is 98.8 cm³/mol. The van der Waals surface area contributed by atoms with E-state index in [0.717, 1.165) is 0 Å². The fourth-order valence-corrected chi connectivity index (χ4v) is 2.40. The van der Waals surface area contributed by atoms with E-state index in [4.69, 9.17) is 31.5 Å². The first-order valence-electron chi connectivity index (χ1n) is 8.62. The van der Waals surface area contributed by atoms with Crippen molar-refractivity contribution in [3.63, 3.8) is 0 Å². The summed E-state index contributed by atoms with van der Waals surface area (Å²) in [5, 5.41) is 8.33. The van der Waals surface area contributed by atoms with E-state index in [9.17, 15) is 14.0 Å². The van der Waals surface area contributed by atoms with Gasteiger partial charge in [0.2, 0.25) is 0 Å². The van der Waals surface area contributed by atoms with Gasteiger partial charge in [0.25, 0.3) is 0 Å². The van der Waals surface area contributed by atoms with Crippen molar-refractivity contribution in [2.45, 2.75) is 25.0 Å². The van der Waals surface area contributed by atoms with E-state index in [-0.39, 0.29) is 56.2 Å². The maximum Gasteiger partial charge on any atom is 0.508 e. The molecule has 2 aromatic rings. The second-order valence-corrected chi connectivity index (χ2v) is 5.94. The van der Waals surface area contributed by atoms with E-state index in [0.29, 0.717) is 0 Å². The van der Waals surface area contributed by atoms with E-state index >= 15 is 0 Å². The molecular weight excluding hydrogens is 405 g/mol. The van der Waals surface area contributed by atoms with Gasteiger partial charge >= 0.3 is 18.4 Å². The number of carbonyl (C=O) groups excluding carboxylic acids is 1. The minimum atomic E-state index is -1.42. The van der Waals surface area contributed by atoms with Gasteiger partial charge < -0.3 is 34.4 Å². The van der Waals surface area contributed by atoms with Gasteiger partial charge in [-0.1, -0.05) is 5.92 Å². The van der Waals surface area contributed by atoms with Crippen LogP contribution in [0, 0.1) is 18.4 Å². The normalized spacial score (nSPS) is 12.7. The van der Waals surface area contributed by atoms with E-state index in [1.54, 1.807) is 0 Å². The van der Waals surface area contributed by atoms with Crippen LogP contribution in [0.4, 0.5) is 19.8 Å². The molecule has 0 aliphatic heterocycles. The fourth-order valence-electron chi connectivity index (χ4n) is 2.40. The van der Waals surface area contributed by atoms with E-state index in [2.05, 4.69) is 25.6 Å². The van der Waals surface area contributed by atoms with Gasteiger partial charge in [-0.05, 0) is 0 Å². The van der Waals surface area contributed by atoms with Crippen LogP contribution < -0.4 is 5.73 Å². The van der Waals surface area contributed by atoms with Crippen LogP contribution >= 0.6 is 0 Å². The molecule has 30 heavy (non-hydrogen) atoms. The predicted octanol–water partition coefficient (Wildman–Crippen LogP) is 1.19. The van der Waals surface area contributed by atoms with Crippen LogP contribution in [0.1, 0.15) is 12.8 Å². The number of rotatable bonds is 10. The lowest BCUT2D eigenvalue weighted by Crippen LogP contribution is -2.37. The number of nitrogens with zero attached hydrogens (tertiary/aromatic N) is 4. The zero-order valence-electron chi connectivity index (χ0n) is 16.0. The summed E-state index contributed by atoms with van der Waals surface area (Å²) in [5.74, 6) is 2.35. The molecule has 3 N–H and O–H groups in total. The Kier molecular flexibility index (Phi) is 7.70. The lowest BCUT2D eigenvalue weighted by atomic mass is 10.0. The summed E-state index contributed by atoms with van der Waals surface area (Å²) in [6, 6.07) is 0. The summed E-state index contributed by atoms with van der Waals surface area (Å²) >= 11 is 0. The number of hydrogen-bond donors (Lipinski definition) is 2. The van der Waals surface area contributed by atoms with Crippen LogP contribution in [0.2, 0.25) is 0 Å². The summed E-state index contributed by atoms with van der Waals surface area (Å²) in [4.78, 5) is 33.0. The van der Waals surface area contributed by atoms with Crippen molar-refractivity contribution in [3.05, 3.63) is 12.4 Å². The number of carboxylic acid groups (broad SMARTS) is 1. The molecule has 0 aromatic carbocycles. The maximum atomic E-state index is 13.5. The van der Waals surface area contributed by atoms with Crippen LogP contribution in [0.15, 0.2) is 6.33 Å². The van der Waals surface area contributed by atoms with E-state index in [1.807, 2.05) is 0 Å². The van der Waals surface area contributed by atoms with Crippen LogP contribution in [0.25, 0.3) is 11.2 Å². The highest BCUT2D eigenvalue weighted by Crippen LogP contribution is 2.20. The number of hydrogen-bond acceptors (Lipinski definition) is 10. The molecule has 162 valence electrons. The van der Waals surface area contributed by atoms with Crippen molar-refractivity contribution in [2.24, 2.45) is 0 Å². The highest BCUT2D eigenvalue weighted by atomic mass is 19.1. The van der Waals surface area contributed by atoms with Gasteiger partial charge in [-0.2, -0.15) is 14.4 Å². The molecule has 13 heteroatoms. The highest BCUT2D eigenvalue weighted by molar-refractivity contribution is 5.81. The molecule has 0 saturated carbocycles. The molecule has 0 aliphatic rings. The first-order chi connectivity index (χ1) is 14.3. The quantitative estimate of drug-likeness (QED) is 0.243. The van der Waals surface area contributed by atoms with Crippen molar-refractivity contribution in [1.29, 1.82) is 0 Å². The van der Waals surface area contributed by atoms with Crippen molar-refractivity contribution in [2.75, 3.05) is 32.7 Å². The molecule has 12 nitrogen and oxygen atoms in total. The standard InChI is InChI=1S/C17H20FN5O7/c1-3-17(27-2,9-30-16(26)29-8-4-7-28-15(24)25)5-6-23-10-20-11-12(19)21-14(18)22-13(11)23/h1,10H,4-9H2,2H3,(H,24,25)(H2,19,21,22). The molecule has 0 radical (unpaired) electrons. The highest BCUT2D eigenvalue weighted by Gasteiger charge is 2.30. The molecule has 0 aliphatic carbocycles. The smallest absolute Gasteiger partial charge is 0.450 e. The first-order valence-corrected chi connectivity index (χ1v) is 8.62. The Morgan fingerprint density at radius 2 is 2.07 bits per heavy atom. The number of aromatic nitrogens is 4. The number of methoxy groups -OCH3 is 1. The largest absolute Gasteiger partial charge is 0.508 e. The average molecular weight is 425 g/mol. The SMILES string of the molecule is C#CC(CCn1cnc2c(N)nc(F)nc21)(COC(=O)OCCCOC(=O)O)OC. The Bertz CT molecular complexity index is 944. The molecule has 2 rings (SSSR count). The lowest BCUT2D eigenvalue weighted by Gasteiger charge is -2.26. The number of ether oxygens (including phenoxy) is 4. The second kappa shape index (κ2) is 10.2. The Hall–Kier alpha value is -3.66. The zero-order chi connectivity index (χ0) is 22.1. The Labute approximate surface area is 170 Å². The molecule has 0 saturated heterocycles. The monoisotopic (exact) mass is 425 g/mol. The second-order valence-electron chi connectivity index (χ2n) is 5.94. The van der Waals surface area contributed by atoms with Gasteiger partial charge in [0, 0.05) is 26.5 Å². The van der Waals surface area contributed by atoms with Gasteiger partial charge in [-0.3, -0.25) is 0 Å². The molecule has 2 aromatic heterocycles. The summed E-state index contributed by atoms with van der Waals surface area (Å²) in [5.41, 5.74) is 4.76. The summed E-state index contributed by atoms with van der Waals surface area (Å²) in [6.07, 6.45) is 3.89. The van der Waals surface area contributed by atoms with Crippen molar-refractivity contribution in [1.82, 2.24) is 19.5 Å². The Balaban J connectivity index is 1.91. The van der Waals surface area contributed by atoms with Gasteiger partial charge in [-0.15, -0.1) is 6.42 Å². The number of halogens is 1. The number of carbonyl (C=O) groups is 2. The van der Waals surface area contributed by atoms with Crippen molar-refractivity contribution in [3.8, 4) is 12.3 Å². The van der Waals surface area contributed by atoms with E-state index in [1.165, 1.54) is 18.0 Å². The third-order valence-electron chi connectivity index (χ3n) is 4.03. The van der Waals surface area contributed by atoms with Crippen LogP contribution in [0.5, 0.6) is 0 Å². The van der Waals surface area contributed by atoms with Gasteiger partial charge in [0.1, 0.15) is 12.1 Å². The average Bonchev–Trinajstić information content (AvgIpc) is 3.11. The molecule has 0 amide bonds. The Morgan fingerprint density at radius 3 is 2.73 bits per heavy atom. The number of nitrogen functional groups attached to an aromatic ring is 1. The zero-order valence-corrected chi connectivity index (χ0v) is 16.0. The van der Waals surface area contributed by atoms with Crippen molar-refractivity contribution < 1.29 is 38.0 Å². The topological polar surface area (TPSA) is 161 Å². The van der Waals surface area contributed by atoms with Crippen LogP contribution in [-0.2, 0) is 25.5 Å². The van der Waals surface area contributed by atoms with E-state index < -0.39 is 24.0 Å². The number of anilines is 1. The minimum absolute atomic E-state index is 0.0916. The molecule has 2 heterocycles. The fraction of sp³-hybridized carbons (Fsp3) is 0.471. The molecular formula is C17H20FN5O7. The number of terminal acetylenes is 1. The third-order valence-corrected chi connectivity index (χ3v) is 4.03. The molecule has 1 atom stereocenters. The summed E-state index contributed by atoms with van der Waals surface area (Å²) in [7, 11) is 1.35. The number of aryl methyl sites for hydroxylation is 1. The summed E-state index contributed by atoms with van der Waals surface area (Å²) in [6.45, 7) is -0.337. The molecule has 0 fully saturated rings. The number of nitrogens with two attached hydrogens (primary N) is 1. The first kappa shape index (κ1) is 22.6. The minimum Gasteiger partial charge on any atom is -0.450 e. The van der Waals surface area contributed by atoms with Crippen molar-refractivity contribution >= 4 is 29.3 Å². The number of imidazole rings is 1. The molecule has 1 unspecified atom stereocenters. The van der Waals surface area contributed by atoms with Gasteiger partial charge in [-0.25, -0.2) is 14.6 Å². The number of fused-ring (bicyclic) bond motifs is 1. The molecule has 0 bridgehead atoms. The van der Waals surface area contributed by atoms with Gasteiger partial charge in [0.05, 0.1) is 19.5 Å². The van der Waals surface area contributed by atoms with Crippen LogP contribution in [-0.4, -0.2) is 69.5 Å². The van der Waals surface area contributed by atoms with Gasteiger partial charge in [0.15, 0.2) is 17.1 Å². The molecule has 0 spiro atoms. The third kappa shape index (κ3) is 5.92. The Morgan fingerprint density at radius 1 is 1.33 bits per heavy atom.